The van der Waals surface area contributed by atoms with Crippen LogP contribution in [-0.2, 0) is 14.6 Å². The van der Waals surface area contributed by atoms with Crippen LogP contribution in [0.2, 0.25) is 0 Å². The number of hydrogen-bond acceptors (Lipinski definition) is 6. The topological polar surface area (TPSA) is 97.2 Å². The number of likely N-dealkylation sites (tertiary alicyclic amines) is 1. The van der Waals surface area contributed by atoms with Crippen molar-refractivity contribution >= 4 is 21.7 Å². The van der Waals surface area contributed by atoms with Gasteiger partial charge >= 0.3 is 6.18 Å². The molecule has 4 rings (SSSR count). The van der Waals surface area contributed by atoms with Gasteiger partial charge in [0, 0.05) is 25.6 Å². The third-order valence-corrected chi connectivity index (χ3v) is 8.13. The standard InChI is InChI=1S/C17H24F3N5O3S/c18-17(19,20)14-8-13(23-16-21-10-22-25(14)16)12-1-4-24(5-2-12)15(26)7-11-3-6-29(27,28)9-11/h10-14H,1-9H2,(H,21,22,23)/t11?,13-,14+/m0/s1. The zero-order valence-corrected chi connectivity index (χ0v) is 16.6. The van der Waals surface area contributed by atoms with Gasteiger partial charge in [-0.05, 0) is 37.5 Å². The molecule has 8 nitrogen and oxygen atoms in total. The van der Waals surface area contributed by atoms with Crippen LogP contribution in [0.5, 0.6) is 0 Å². The predicted octanol–water partition coefficient (Wildman–Crippen LogP) is 1.63. The number of carbonyl (C=O) groups excluding carboxylic acids is 1. The van der Waals surface area contributed by atoms with Crippen molar-refractivity contribution in [3.63, 3.8) is 0 Å². The van der Waals surface area contributed by atoms with Crippen LogP contribution < -0.4 is 5.32 Å². The highest BCUT2D eigenvalue weighted by Crippen LogP contribution is 2.41. The second-order valence-corrected chi connectivity index (χ2v) is 10.5. The Bertz CT molecular complexity index is 864. The molecule has 1 unspecified atom stereocenters. The molecule has 1 amide bonds. The molecule has 2 saturated heterocycles. The third kappa shape index (κ3) is 4.36. The summed E-state index contributed by atoms with van der Waals surface area (Å²) in [6.07, 6.45) is -1.44. The molecular weight excluding hydrogens is 411 g/mol. The highest BCUT2D eigenvalue weighted by molar-refractivity contribution is 7.91. The summed E-state index contributed by atoms with van der Waals surface area (Å²) in [5, 5.41) is 6.79. The SMILES string of the molecule is O=C(CC1CCS(=O)(=O)C1)N1CCC([C@@H]2C[C@H](C(F)(F)F)n3ncnc3N2)CC1. The van der Waals surface area contributed by atoms with Crippen molar-refractivity contribution < 1.29 is 26.4 Å². The van der Waals surface area contributed by atoms with E-state index in [1.54, 1.807) is 4.90 Å². The molecule has 1 N–H and O–H groups in total. The van der Waals surface area contributed by atoms with E-state index in [-0.39, 0.29) is 54.1 Å². The summed E-state index contributed by atoms with van der Waals surface area (Å²) in [6.45, 7) is 0.953. The fourth-order valence-corrected chi connectivity index (χ4v) is 6.55. The zero-order valence-electron chi connectivity index (χ0n) is 15.8. The molecule has 0 aromatic carbocycles. The van der Waals surface area contributed by atoms with Gasteiger partial charge in [-0.25, -0.2) is 13.1 Å². The summed E-state index contributed by atoms with van der Waals surface area (Å²) in [6, 6.07) is -2.08. The lowest BCUT2D eigenvalue weighted by Gasteiger charge is -2.40. The summed E-state index contributed by atoms with van der Waals surface area (Å²) in [7, 11) is -3.02. The van der Waals surface area contributed by atoms with Crippen molar-refractivity contribution in [3.05, 3.63) is 6.33 Å². The van der Waals surface area contributed by atoms with E-state index in [0.717, 1.165) is 11.0 Å². The number of halogens is 3. The molecule has 3 aliphatic rings. The Hall–Kier alpha value is -1.85. The second-order valence-electron chi connectivity index (χ2n) is 8.26. The number of anilines is 1. The Morgan fingerprint density at radius 1 is 1.24 bits per heavy atom. The van der Waals surface area contributed by atoms with E-state index in [2.05, 4.69) is 15.4 Å². The number of amides is 1. The Morgan fingerprint density at radius 3 is 2.59 bits per heavy atom. The second kappa shape index (κ2) is 7.44. The lowest BCUT2D eigenvalue weighted by molar-refractivity contribution is -0.174. The first kappa shape index (κ1) is 20.4. The molecule has 0 spiro atoms. The van der Waals surface area contributed by atoms with Gasteiger partial charge in [0.15, 0.2) is 15.9 Å². The summed E-state index contributed by atoms with van der Waals surface area (Å²) in [5.41, 5.74) is 0. The highest BCUT2D eigenvalue weighted by Gasteiger charge is 2.48. The molecule has 162 valence electrons. The number of piperidine rings is 1. The number of alkyl halides is 3. The van der Waals surface area contributed by atoms with Gasteiger partial charge in [0.25, 0.3) is 0 Å². The van der Waals surface area contributed by atoms with E-state index >= 15 is 0 Å². The number of carbonyl (C=O) groups is 1. The highest BCUT2D eigenvalue weighted by atomic mass is 32.2. The van der Waals surface area contributed by atoms with Gasteiger partial charge < -0.3 is 10.2 Å². The van der Waals surface area contributed by atoms with Crippen molar-refractivity contribution in [2.75, 3.05) is 29.9 Å². The van der Waals surface area contributed by atoms with E-state index in [1.165, 1.54) is 0 Å². The Balaban J connectivity index is 1.33. The van der Waals surface area contributed by atoms with Crippen LogP contribution >= 0.6 is 0 Å². The Labute approximate surface area is 166 Å². The molecule has 0 aliphatic carbocycles. The summed E-state index contributed by atoms with van der Waals surface area (Å²) < 4.78 is 64.3. The number of rotatable bonds is 3. The number of aromatic nitrogens is 3. The van der Waals surface area contributed by atoms with Gasteiger partial charge in [-0.3, -0.25) is 4.79 Å². The number of sulfone groups is 1. The first-order valence-corrected chi connectivity index (χ1v) is 11.7. The lowest BCUT2D eigenvalue weighted by Crippen LogP contribution is -2.47. The molecule has 12 heteroatoms. The average molecular weight is 435 g/mol. The van der Waals surface area contributed by atoms with Crippen molar-refractivity contribution in [1.29, 1.82) is 0 Å². The smallest absolute Gasteiger partial charge is 0.351 e. The lowest BCUT2D eigenvalue weighted by atomic mass is 9.84. The fourth-order valence-electron chi connectivity index (χ4n) is 4.69. The zero-order chi connectivity index (χ0) is 20.8. The molecule has 0 radical (unpaired) electrons. The maximum atomic E-state index is 13.4. The van der Waals surface area contributed by atoms with Gasteiger partial charge in [0.1, 0.15) is 6.33 Å². The van der Waals surface area contributed by atoms with E-state index in [1.807, 2.05) is 0 Å². The summed E-state index contributed by atoms with van der Waals surface area (Å²) in [4.78, 5) is 18.1. The number of fused-ring (bicyclic) bond motifs is 1. The Morgan fingerprint density at radius 2 is 1.97 bits per heavy atom. The maximum Gasteiger partial charge on any atom is 0.411 e. The molecule has 1 aromatic rings. The van der Waals surface area contributed by atoms with Crippen molar-refractivity contribution in [3.8, 4) is 0 Å². The molecule has 29 heavy (non-hydrogen) atoms. The van der Waals surface area contributed by atoms with Gasteiger partial charge in [-0.15, -0.1) is 0 Å². The van der Waals surface area contributed by atoms with Crippen LogP contribution in [0.3, 0.4) is 0 Å². The molecule has 3 aliphatic heterocycles. The Kier molecular flexibility index (Phi) is 5.24. The normalized spacial score (nSPS) is 30.0. The maximum absolute atomic E-state index is 13.4. The fraction of sp³-hybridized carbons (Fsp3) is 0.824. The first-order valence-electron chi connectivity index (χ1n) is 9.83. The largest absolute Gasteiger partial charge is 0.411 e. The van der Waals surface area contributed by atoms with Crippen LogP contribution in [0.25, 0.3) is 0 Å². The predicted molar refractivity (Wildman–Crippen MR) is 97.8 cm³/mol. The van der Waals surface area contributed by atoms with Crippen LogP contribution in [0.4, 0.5) is 19.1 Å². The van der Waals surface area contributed by atoms with Gasteiger partial charge in [-0.2, -0.15) is 23.3 Å². The molecule has 2 fully saturated rings. The quantitative estimate of drug-likeness (QED) is 0.775. The molecular formula is C17H24F3N5O3S. The van der Waals surface area contributed by atoms with Crippen LogP contribution in [0.1, 0.15) is 38.1 Å². The van der Waals surface area contributed by atoms with Gasteiger partial charge in [0.05, 0.1) is 11.5 Å². The van der Waals surface area contributed by atoms with E-state index in [4.69, 9.17) is 0 Å². The number of hydrogen-bond donors (Lipinski definition) is 1. The number of nitrogens with zero attached hydrogens (tertiary/aromatic N) is 4. The van der Waals surface area contributed by atoms with Gasteiger partial charge in [-0.1, -0.05) is 0 Å². The van der Waals surface area contributed by atoms with E-state index in [9.17, 15) is 26.4 Å². The van der Waals surface area contributed by atoms with Crippen molar-refractivity contribution in [2.45, 2.75) is 50.4 Å². The minimum absolute atomic E-state index is 0.00112. The average Bonchev–Trinajstić information content (AvgIpc) is 3.25. The number of nitrogens with one attached hydrogen (secondary N) is 1. The summed E-state index contributed by atoms with van der Waals surface area (Å²) >= 11 is 0. The first-order chi connectivity index (χ1) is 13.6. The minimum atomic E-state index is -4.40. The van der Waals surface area contributed by atoms with E-state index < -0.39 is 22.1 Å². The van der Waals surface area contributed by atoms with Crippen molar-refractivity contribution in [2.24, 2.45) is 11.8 Å². The van der Waals surface area contributed by atoms with E-state index in [0.29, 0.717) is 32.4 Å². The third-order valence-electron chi connectivity index (χ3n) is 6.29. The van der Waals surface area contributed by atoms with Crippen LogP contribution in [0.15, 0.2) is 6.33 Å². The van der Waals surface area contributed by atoms with Crippen LogP contribution in [-0.4, -0.2) is 70.8 Å². The molecule has 4 heterocycles. The molecule has 1 aromatic heterocycles. The van der Waals surface area contributed by atoms with Crippen molar-refractivity contribution in [1.82, 2.24) is 19.7 Å². The van der Waals surface area contributed by atoms with Crippen LogP contribution in [0, 0.1) is 11.8 Å². The molecule has 0 saturated carbocycles. The molecule has 3 atom stereocenters. The monoisotopic (exact) mass is 435 g/mol. The van der Waals surface area contributed by atoms with Gasteiger partial charge in [0.2, 0.25) is 11.9 Å². The summed E-state index contributed by atoms with van der Waals surface area (Å²) in [5.74, 6) is 0.163. The minimum Gasteiger partial charge on any atom is -0.351 e. The molecule has 0 bridgehead atoms.